The quantitative estimate of drug-likeness (QED) is 0.837. The molecule has 0 spiro atoms. The Bertz CT molecular complexity index is 399. The van der Waals surface area contributed by atoms with Crippen LogP contribution in [0.2, 0.25) is 0 Å². The fourth-order valence-corrected chi connectivity index (χ4v) is 3.24. The van der Waals surface area contributed by atoms with E-state index in [0.717, 1.165) is 15.5 Å². The molecule has 1 aliphatic rings. The molecule has 0 bridgehead atoms. The average Bonchev–Trinajstić information content (AvgIpc) is 2.33. The zero-order valence-electron chi connectivity index (χ0n) is 10.9. The van der Waals surface area contributed by atoms with E-state index in [2.05, 4.69) is 74.3 Å². The van der Waals surface area contributed by atoms with Gasteiger partial charge in [-0.15, -0.1) is 0 Å². The molecule has 0 radical (unpaired) electrons. The van der Waals surface area contributed by atoms with Gasteiger partial charge >= 0.3 is 0 Å². The minimum Gasteiger partial charge on any atom is -0.250 e. The van der Waals surface area contributed by atoms with E-state index in [9.17, 15) is 0 Å². The van der Waals surface area contributed by atoms with Crippen molar-refractivity contribution >= 4 is 31.9 Å². The second-order valence-electron chi connectivity index (χ2n) is 5.12. The average molecular weight is 376 g/mol. The van der Waals surface area contributed by atoms with Gasteiger partial charge in [-0.2, -0.15) is 0 Å². The molecule has 100 valence electrons. The summed E-state index contributed by atoms with van der Waals surface area (Å²) in [6, 6.07) is 7.67. The molecule has 18 heavy (non-hydrogen) atoms. The van der Waals surface area contributed by atoms with Crippen LogP contribution in [-0.4, -0.2) is 17.1 Å². The van der Waals surface area contributed by atoms with Crippen molar-refractivity contribution in [1.29, 1.82) is 0 Å². The number of hydrogen-bond donors (Lipinski definition) is 1. The maximum absolute atomic E-state index is 3.58. The van der Waals surface area contributed by atoms with Crippen LogP contribution in [0.1, 0.15) is 38.7 Å². The highest BCUT2D eigenvalue weighted by molar-refractivity contribution is 9.13. The first-order valence-corrected chi connectivity index (χ1v) is 8.12. The van der Waals surface area contributed by atoms with Gasteiger partial charge in [-0.3, -0.25) is 5.43 Å². The van der Waals surface area contributed by atoms with Crippen LogP contribution in [0.4, 0.5) is 0 Å². The van der Waals surface area contributed by atoms with Crippen LogP contribution in [0, 0.1) is 0 Å². The third-order valence-corrected chi connectivity index (χ3v) is 5.52. The van der Waals surface area contributed by atoms with Gasteiger partial charge < -0.3 is 0 Å². The number of piperidine rings is 1. The fourth-order valence-electron chi connectivity index (χ4n) is 2.57. The Kier molecular flexibility index (Phi) is 5.24. The van der Waals surface area contributed by atoms with Crippen LogP contribution in [0.15, 0.2) is 27.1 Å². The second kappa shape index (κ2) is 6.51. The van der Waals surface area contributed by atoms with E-state index in [4.69, 9.17) is 0 Å². The molecule has 0 saturated carbocycles. The molecule has 1 saturated heterocycles. The fraction of sp³-hybridized carbons (Fsp3) is 0.571. The van der Waals surface area contributed by atoms with Crippen LogP contribution in [0.3, 0.4) is 0 Å². The summed E-state index contributed by atoms with van der Waals surface area (Å²) >= 11 is 7.05. The van der Waals surface area contributed by atoms with Gasteiger partial charge in [0.15, 0.2) is 0 Å². The highest BCUT2D eigenvalue weighted by Crippen LogP contribution is 2.24. The number of benzene rings is 1. The molecular weight excluding hydrogens is 356 g/mol. The summed E-state index contributed by atoms with van der Waals surface area (Å²) in [4.78, 5) is 0. The molecule has 0 amide bonds. The first-order valence-electron chi connectivity index (χ1n) is 6.53. The molecule has 2 rings (SSSR count). The summed E-state index contributed by atoms with van der Waals surface area (Å²) < 4.78 is 2.22. The van der Waals surface area contributed by atoms with Crippen LogP contribution in [0.25, 0.3) is 0 Å². The number of rotatable bonds is 3. The van der Waals surface area contributed by atoms with Gasteiger partial charge in [0, 0.05) is 27.6 Å². The van der Waals surface area contributed by atoms with E-state index in [1.165, 1.54) is 24.8 Å². The SMILES string of the molecule is CC1CCCC(C)N1NCc1ccc(Br)c(Br)c1. The highest BCUT2D eigenvalue weighted by Gasteiger charge is 2.23. The molecule has 1 fully saturated rings. The molecule has 1 aliphatic heterocycles. The summed E-state index contributed by atoms with van der Waals surface area (Å²) in [6.07, 6.45) is 3.94. The number of hydrazine groups is 1. The lowest BCUT2D eigenvalue weighted by atomic mass is 10.00. The van der Waals surface area contributed by atoms with Gasteiger partial charge in [-0.1, -0.05) is 12.5 Å². The number of nitrogens with one attached hydrogen (secondary N) is 1. The van der Waals surface area contributed by atoms with Gasteiger partial charge in [0.1, 0.15) is 0 Å². The first-order chi connectivity index (χ1) is 8.58. The standard InChI is InChI=1S/C14H20Br2N2/c1-10-4-3-5-11(2)18(10)17-9-12-6-7-13(15)14(16)8-12/h6-8,10-11,17H,3-5,9H2,1-2H3. The van der Waals surface area contributed by atoms with Crippen molar-refractivity contribution in [2.45, 2.75) is 51.7 Å². The zero-order chi connectivity index (χ0) is 13.1. The molecule has 0 aliphatic carbocycles. The normalized spacial score (nSPS) is 25.3. The van der Waals surface area contributed by atoms with E-state index >= 15 is 0 Å². The maximum atomic E-state index is 3.58. The van der Waals surface area contributed by atoms with Crippen molar-refractivity contribution in [1.82, 2.24) is 10.4 Å². The summed E-state index contributed by atoms with van der Waals surface area (Å²) in [6.45, 7) is 5.50. The minimum atomic E-state index is 0.632. The Balaban J connectivity index is 1.95. The third-order valence-electron chi connectivity index (χ3n) is 3.64. The predicted octanol–water partition coefficient (Wildman–Crippen LogP) is 4.48. The van der Waals surface area contributed by atoms with Crippen molar-refractivity contribution in [3.8, 4) is 0 Å². The monoisotopic (exact) mass is 374 g/mol. The van der Waals surface area contributed by atoms with Crippen LogP contribution in [-0.2, 0) is 6.54 Å². The van der Waals surface area contributed by atoms with Crippen molar-refractivity contribution in [3.05, 3.63) is 32.7 Å². The van der Waals surface area contributed by atoms with Gasteiger partial charge in [0.25, 0.3) is 0 Å². The van der Waals surface area contributed by atoms with Crippen molar-refractivity contribution < 1.29 is 0 Å². The summed E-state index contributed by atoms with van der Waals surface area (Å²) in [5.41, 5.74) is 4.88. The lowest BCUT2D eigenvalue weighted by Crippen LogP contribution is -2.51. The third kappa shape index (κ3) is 3.56. The molecule has 1 heterocycles. The predicted molar refractivity (Wildman–Crippen MR) is 83.3 cm³/mol. The molecule has 1 N–H and O–H groups in total. The maximum Gasteiger partial charge on any atom is 0.0354 e. The van der Waals surface area contributed by atoms with Crippen LogP contribution < -0.4 is 5.43 Å². The van der Waals surface area contributed by atoms with Crippen molar-refractivity contribution in [2.75, 3.05) is 0 Å². The van der Waals surface area contributed by atoms with Gasteiger partial charge in [0.2, 0.25) is 0 Å². The Hall–Kier alpha value is 0.1000. The summed E-state index contributed by atoms with van der Waals surface area (Å²) in [5, 5.41) is 2.42. The Morgan fingerprint density at radius 2 is 1.83 bits per heavy atom. The molecule has 1 aromatic carbocycles. The summed E-state index contributed by atoms with van der Waals surface area (Å²) in [5.74, 6) is 0. The topological polar surface area (TPSA) is 15.3 Å². The van der Waals surface area contributed by atoms with Gasteiger partial charge in [0.05, 0.1) is 0 Å². The van der Waals surface area contributed by atoms with Crippen molar-refractivity contribution in [3.63, 3.8) is 0 Å². The molecule has 1 aromatic rings. The number of nitrogens with zero attached hydrogens (tertiary/aromatic N) is 1. The molecule has 0 aromatic heterocycles. The van der Waals surface area contributed by atoms with E-state index in [0.29, 0.717) is 12.1 Å². The molecule has 2 unspecified atom stereocenters. The first kappa shape index (κ1) is 14.5. The number of hydrogen-bond acceptors (Lipinski definition) is 2. The minimum absolute atomic E-state index is 0.632. The smallest absolute Gasteiger partial charge is 0.0354 e. The Morgan fingerprint density at radius 1 is 1.17 bits per heavy atom. The molecule has 4 heteroatoms. The van der Waals surface area contributed by atoms with Crippen LogP contribution in [0.5, 0.6) is 0 Å². The van der Waals surface area contributed by atoms with Gasteiger partial charge in [-0.25, -0.2) is 5.01 Å². The van der Waals surface area contributed by atoms with Crippen molar-refractivity contribution in [2.24, 2.45) is 0 Å². The highest BCUT2D eigenvalue weighted by atomic mass is 79.9. The number of halogens is 2. The van der Waals surface area contributed by atoms with Crippen LogP contribution >= 0.6 is 31.9 Å². The zero-order valence-corrected chi connectivity index (χ0v) is 14.1. The lowest BCUT2D eigenvalue weighted by molar-refractivity contribution is 0.0435. The Labute approximate surface area is 126 Å². The molecule has 2 nitrogen and oxygen atoms in total. The van der Waals surface area contributed by atoms with E-state index in [-0.39, 0.29) is 0 Å². The second-order valence-corrected chi connectivity index (χ2v) is 6.83. The van der Waals surface area contributed by atoms with E-state index in [1.807, 2.05) is 0 Å². The lowest BCUT2D eigenvalue weighted by Gasteiger charge is -2.39. The molecule has 2 atom stereocenters. The van der Waals surface area contributed by atoms with E-state index < -0.39 is 0 Å². The Morgan fingerprint density at radius 3 is 2.44 bits per heavy atom. The van der Waals surface area contributed by atoms with E-state index in [1.54, 1.807) is 0 Å². The van der Waals surface area contributed by atoms with Gasteiger partial charge in [-0.05, 0) is 76.2 Å². The summed E-state index contributed by atoms with van der Waals surface area (Å²) in [7, 11) is 0. The largest absolute Gasteiger partial charge is 0.250 e. The molecular formula is C14H20Br2N2.